The molecule has 2 aromatic carbocycles. The Labute approximate surface area is 164 Å². The fourth-order valence-electron chi connectivity index (χ4n) is 2.53. The molecular weight excluding hydrogens is 356 g/mol. The number of aromatic nitrogens is 3. The Bertz CT molecular complexity index is 909. The lowest BCUT2D eigenvalue weighted by Gasteiger charge is -2.18. The summed E-state index contributed by atoms with van der Waals surface area (Å²) < 4.78 is 0. The zero-order valence-corrected chi connectivity index (χ0v) is 16.9. The number of carbonyl (C=O) groups excluding carboxylic acids is 1. The van der Waals surface area contributed by atoms with Crippen LogP contribution in [0.1, 0.15) is 31.9 Å². The quantitative estimate of drug-likeness (QED) is 0.623. The smallest absolute Gasteiger partial charge is 0.234 e. The first-order valence-electron chi connectivity index (χ1n) is 8.84. The zero-order valence-electron chi connectivity index (χ0n) is 16.0. The zero-order chi connectivity index (χ0) is 19.4. The highest BCUT2D eigenvalue weighted by Crippen LogP contribution is 2.25. The topological polar surface area (TPSA) is 70.7 Å². The fourth-order valence-corrected chi connectivity index (χ4v) is 3.13. The van der Waals surface area contributed by atoms with Crippen LogP contribution in [0.15, 0.2) is 53.7 Å². The molecule has 5 nitrogen and oxygen atoms in total. The Morgan fingerprint density at radius 2 is 1.74 bits per heavy atom. The second-order valence-corrected chi connectivity index (χ2v) is 8.44. The number of benzene rings is 2. The molecule has 3 aromatic rings. The van der Waals surface area contributed by atoms with Gasteiger partial charge in [-0.25, -0.2) is 4.98 Å². The highest BCUT2D eigenvalue weighted by Gasteiger charge is 2.14. The van der Waals surface area contributed by atoms with Crippen molar-refractivity contribution in [1.82, 2.24) is 15.2 Å². The number of hydrogen-bond donors (Lipinski definition) is 2. The van der Waals surface area contributed by atoms with E-state index in [-0.39, 0.29) is 17.1 Å². The van der Waals surface area contributed by atoms with Crippen molar-refractivity contribution in [2.45, 2.75) is 38.3 Å². The summed E-state index contributed by atoms with van der Waals surface area (Å²) in [6.07, 6.45) is 0. The van der Waals surface area contributed by atoms with Crippen molar-refractivity contribution < 1.29 is 4.79 Å². The number of nitrogens with one attached hydrogen (secondary N) is 2. The number of anilines is 1. The number of thioether (sulfide) groups is 1. The third kappa shape index (κ3) is 5.20. The summed E-state index contributed by atoms with van der Waals surface area (Å²) in [5.41, 5.74) is 4.32. The van der Waals surface area contributed by atoms with E-state index in [1.807, 2.05) is 43.3 Å². The first-order valence-corrected chi connectivity index (χ1v) is 9.82. The van der Waals surface area contributed by atoms with Gasteiger partial charge in [0.05, 0.1) is 5.75 Å². The first-order chi connectivity index (χ1) is 12.8. The van der Waals surface area contributed by atoms with Gasteiger partial charge in [0, 0.05) is 11.3 Å². The molecule has 1 amide bonds. The minimum absolute atomic E-state index is 0.0790. The minimum atomic E-state index is -0.0790. The predicted molar refractivity (Wildman–Crippen MR) is 111 cm³/mol. The van der Waals surface area contributed by atoms with Crippen molar-refractivity contribution >= 4 is 23.4 Å². The third-order valence-corrected chi connectivity index (χ3v) is 5.00. The number of amides is 1. The molecule has 1 aromatic heterocycles. The van der Waals surface area contributed by atoms with Crippen LogP contribution in [0.3, 0.4) is 0 Å². The summed E-state index contributed by atoms with van der Waals surface area (Å²) in [6, 6.07) is 16.0. The van der Waals surface area contributed by atoms with Crippen molar-refractivity contribution in [3.8, 4) is 11.4 Å². The van der Waals surface area contributed by atoms with Gasteiger partial charge in [-0.05, 0) is 30.0 Å². The fraction of sp³-hybridized carbons (Fsp3) is 0.286. The van der Waals surface area contributed by atoms with E-state index in [1.54, 1.807) is 0 Å². The molecule has 2 N–H and O–H groups in total. The average Bonchev–Trinajstić information content (AvgIpc) is 3.10. The molecule has 0 aliphatic heterocycles. The lowest BCUT2D eigenvalue weighted by atomic mass is 9.87. The summed E-state index contributed by atoms with van der Waals surface area (Å²) in [7, 11) is 0. The molecule has 0 saturated heterocycles. The summed E-state index contributed by atoms with van der Waals surface area (Å²) in [4.78, 5) is 16.6. The maximum Gasteiger partial charge on any atom is 0.234 e. The van der Waals surface area contributed by atoms with Crippen LogP contribution in [0, 0.1) is 6.92 Å². The van der Waals surface area contributed by atoms with Crippen molar-refractivity contribution in [1.29, 1.82) is 0 Å². The van der Waals surface area contributed by atoms with Gasteiger partial charge in [-0.3, -0.25) is 9.89 Å². The molecule has 0 radical (unpaired) electrons. The molecule has 27 heavy (non-hydrogen) atoms. The molecule has 0 atom stereocenters. The van der Waals surface area contributed by atoms with Gasteiger partial charge in [-0.15, -0.1) is 5.10 Å². The van der Waals surface area contributed by atoms with Crippen LogP contribution in [-0.2, 0) is 10.2 Å². The maximum absolute atomic E-state index is 12.1. The number of hydrogen-bond acceptors (Lipinski definition) is 4. The number of aromatic amines is 1. The monoisotopic (exact) mass is 380 g/mol. The lowest BCUT2D eigenvalue weighted by Crippen LogP contribution is -2.14. The van der Waals surface area contributed by atoms with E-state index in [0.29, 0.717) is 11.0 Å². The van der Waals surface area contributed by atoms with Crippen LogP contribution in [-0.4, -0.2) is 26.8 Å². The molecule has 140 valence electrons. The highest BCUT2D eigenvalue weighted by atomic mass is 32.2. The molecule has 0 aliphatic rings. The Kier molecular flexibility index (Phi) is 5.65. The predicted octanol–water partition coefficient (Wildman–Crippen LogP) is 4.81. The van der Waals surface area contributed by atoms with Crippen LogP contribution < -0.4 is 5.32 Å². The summed E-state index contributed by atoms with van der Waals surface area (Å²) >= 11 is 1.31. The van der Waals surface area contributed by atoms with Crippen molar-refractivity contribution in [2.24, 2.45) is 0 Å². The molecular formula is C21H24N4OS. The van der Waals surface area contributed by atoms with Crippen LogP contribution in [0.2, 0.25) is 0 Å². The number of aryl methyl sites for hydroxylation is 1. The van der Waals surface area contributed by atoms with Gasteiger partial charge in [0.1, 0.15) is 0 Å². The second-order valence-electron chi connectivity index (χ2n) is 7.50. The molecule has 6 heteroatoms. The van der Waals surface area contributed by atoms with Gasteiger partial charge in [-0.2, -0.15) is 0 Å². The van der Waals surface area contributed by atoms with Crippen molar-refractivity contribution in [3.63, 3.8) is 0 Å². The molecule has 0 bridgehead atoms. The summed E-state index contributed by atoms with van der Waals surface area (Å²) in [5, 5.41) is 10.6. The van der Waals surface area contributed by atoms with E-state index in [4.69, 9.17) is 0 Å². The Morgan fingerprint density at radius 3 is 2.37 bits per heavy atom. The number of H-pyrrole nitrogens is 1. The third-order valence-electron chi connectivity index (χ3n) is 4.16. The first kappa shape index (κ1) is 19.2. The Morgan fingerprint density at radius 1 is 1.07 bits per heavy atom. The number of rotatable bonds is 5. The van der Waals surface area contributed by atoms with Gasteiger partial charge < -0.3 is 5.32 Å². The normalized spacial score (nSPS) is 11.4. The summed E-state index contributed by atoms with van der Waals surface area (Å²) in [6.45, 7) is 8.57. The molecule has 0 aliphatic carbocycles. The molecule has 1 heterocycles. The van der Waals surface area contributed by atoms with Crippen LogP contribution in [0.25, 0.3) is 11.4 Å². The van der Waals surface area contributed by atoms with E-state index in [1.165, 1.54) is 17.3 Å². The average molecular weight is 381 g/mol. The Hall–Kier alpha value is -2.60. The van der Waals surface area contributed by atoms with E-state index in [0.717, 1.165) is 16.8 Å². The van der Waals surface area contributed by atoms with Crippen LogP contribution in [0.5, 0.6) is 0 Å². The molecule has 0 saturated carbocycles. The maximum atomic E-state index is 12.1. The van der Waals surface area contributed by atoms with Gasteiger partial charge in [-0.1, -0.05) is 74.5 Å². The van der Waals surface area contributed by atoms with Gasteiger partial charge >= 0.3 is 0 Å². The molecule has 0 spiro atoms. The molecule has 3 rings (SSSR count). The van der Waals surface area contributed by atoms with E-state index >= 15 is 0 Å². The van der Waals surface area contributed by atoms with Crippen molar-refractivity contribution in [3.05, 3.63) is 59.7 Å². The lowest BCUT2D eigenvalue weighted by molar-refractivity contribution is -0.113. The second kappa shape index (κ2) is 7.96. The number of carbonyl (C=O) groups is 1. The summed E-state index contributed by atoms with van der Waals surface area (Å²) in [5.74, 6) is 0.885. The number of nitrogens with zero attached hydrogens (tertiary/aromatic N) is 2. The van der Waals surface area contributed by atoms with Crippen LogP contribution in [0.4, 0.5) is 5.69 Å². The van der Waals surface area contributed by atoms with E-state index in [9.17, 15) is 4.79 Å². The Balaban J connectivity index is 1.57. The van der Waals surface area contributed by atoms with Crippen molar-refractivity contribution in [2.75, 3.05) is 11.1 Å². The molecule has 0 unspecified atom stereocenters. The van der Waals surface area contributed by atoms with E-state index in [2.05, 4.69) is 53.4 Å². The minimum Gasteiger partial charge on any atom is -0.325 e. The molecule has 0 fully saturated rings. The standard InChI is InChI=1S/C21H24N4OS/c1-14-5-11-17(12-6-14)22-18(26)13-27-20-23-19(24-25-20)15-7-9-16(10-8-15)21(2,3)4/h5-12H,13H2,1-4H3,(H,22,26)(H,23,24,25). The van der Waals surface area contributed by atoms with Gasteiger partial charge in [0.2, 0.25) is 11.1 Å². The van der Waals surface area contributed by atoms with Crippen LogP contribution >= 0.6 is 11.8 Å². The van der Waals surface area contributed by atoms with Gasteiger partial charge in [0.25, 0.3) is 0 Å². The van der Waals surface area contributed by atoms with Gasteiger partial charge in [0.15, 0.2) is 5.82 Å². The largest absolute Gasteiger partial charge is 0.325 e. The van der Waals surface area contributed by atoms with E-state index < -0.39 is 0 Å². The highest BCUT2D eigenvalue weighted by molar-refractivity contribution is 7.99. The SMILES string of the molecule is Cc1ccc(NC(=O)CSc2n[nH]c(-c3ccc(C(C)(C)C)cc3)n2)cc1.